The van der Waals surface area contributed by atoms with Crippen LogP contribution in [0, 0.1) is 13.8 Å². The number of fused-ring (bicyclic) bond motifs is 1. The zero-order valence-corrected chi connectivity index (χ0v) is 24.7. The van der Waals surface area contributed by atoms with Crippen molar-refractivity contribution in [2.45, 2.75) is 64.8 Å². The monoisotopic (exact) mass is 589 g/mol. The number of aliphatic hydroxyl groups excluding tert-OH is 2. The van der Waals surface area contributed by atoms with E-state index in [-0.39, 0.29) is 37.5 Å². The number of amides is 3. The normalized spacial score (nSPS) is 16.4. The van der Waals surface area contributed by atoms with Crippen molar-refractivity contribution in [2.75, 3.05) is 31.6 Å². The molecule has 11 nitrogen and oxygen atoms in total. The molecular formula is C32H39N5O6. The van der Waals surface area contributed by atoms with Crippen molar-refractivity contribution < 1.29 is 19.8 Å². The fraction of sp³-hybridized carbons (Fsp3) is 0.438. The highest BCUT2D eigenvalue weighted by molar-refractivity contribution is 5.91. The summed E-state index contributed by atoms with van der Waals surface area (Å²) in [6.07, 6.45) is 2.39. The summed E-state index contributed by atoms with van der Waals surface area (Å²) < 4.78 is 2.29. The number of para-hydroxylation sites is 1. The zero-order chi connectivity index (χ0) is 30.7. The number of carbonyl (C=O) groups is 2. The highest BCUT2D eigenvalue weighted by Gasteiger charge is 2.31. The van der Waals surface area contributed by atoms with E-state index in [1.54, 1.807) is 4.90 Å². The van der Waals surface area contributed by atoms with Crippen LogP contribution in [0.5, 0.6) is 0 Å². The molecule has 1 aromatic heterocycles. The highest BCUT2D eigenvalue weighted by atomic mass is 16.3. The lowest BCUT2D eigenvalue weighted by molar-refractivity contribution is -0.133. The van der Waals surface area contributed by atoms with E-state index in [0.717, 1.165) is 33.4 Å². The number of aromatic nitrogens is 2. The number of rotatable bonds is 8. The maximum Gasteiger partial charge on any atom is 0.331 e. The van der Waals surface area contributed by atoms with Gasteiger partial charge in [-0.1, -0.05) is 36.4 Å². The Hall–Kier alpha value is -4.22. The van der Waals surface area contributed by atoms with Crippen LogP contribution in [-0.4, -0.2) is 79.5 Å². The first-order valence-electron chi connectivity index (χ1n) is 14.8. The largest absolute Gasteiger partial charge is 0.394 e. The van der Waals surface area contributed by atoms with E-state index >= 15 is 0 Å². The lowest BCUT2D eigenvalue weighted by Crippen LogP contribution is -2.51. The van der Waals surface area contributed by atoms with Crippen LogP contribution in [0.2, 0.25) is 0 Å². The Morgan fingerprint density at radius 3 is 2.49 bits per heavy atom. The number of hydrogen-bond donors (Lipinski definition) is 3. The molecule has 2 aromatic carbocycles. The molecule has 11 heteroatoms. The molecule has 3 N–H and O–H groups in total. The van der Waals surface area contributed by atoms with Crippen LogP contribution in [0.4, 0.5) is 10.5 Å². The van der Waals surface area contributed by atoms with Crippen molar-refractivity contribution in [3.05, 3.63) is 86.2 Å². The van der Waals surface area contributed by atoms with Gasteiger partial charge in [-0.05, 0) is 67.9 Å². The molecule has 1 fully saturated rings. The van der Waals surface area contributed by atoms with Gasteiger partial charge < -0.3 is 25.3 Å². The first-order chi connectivity index (χ1) is 20.7. The van der Waals surface area contributed by atoms with Gasteiger partial charge in [0.1, 0.15) is 6.54 Å². The lowest BCUT2D eigenvalue weighted by Gasteiger charge is -2.38. The Kier molecular flexibility index (Phi) is 9.12. The molecule has 2 aliphatic rings. The molecule has 1 unspecified atom stereocenters. The second-order valence-corrected chi connectivity index (χ2v) is 11.4. The summed E-state index contributed by atoms with van der Waals surface area (Å²) in [5, 5.41) is 22.1. The van der Waals surface area contributed by atoms with Gasteiger partial charge in [-0.25, -0.2) is 9.59 Å². The number of benzene rings is 2. The number of likely N-dealkylation sites (tertiary alicyclic amines) is 1. The van der Waals surface area contributed by atoms with E-state index in [0.29, 0.717) is 43.6 Å². The second kappa shape index (κ2) is 13.0. The Bertz CT molecular complexity index is 1620. The molecule has 2 aliphatic heterocycles. The number of piperidine rings is 1. The molecule has 0 spiro atoms. The number of nitrogens with zero attached hydrogens (tertiary/aromatic N) is 4. The van der Waals surface area contributed by atoms with Crippen LogP contribution >= 0.6 is 0 Å². The maximum absolute atomic E-state index is 13.5. The summed E-state index contributed by atoms with van der Waals surface area (Å²) in [6.45, 7) is 4.50. The highest BCUT2D eigenvalue weighted by Crippen LogP contribution is 2.25. The summed E-state index contributed by atoms with van der Waals surface area (Å²) in [5.41, 5.74) is 3.61. The molecule has 3 amide bonds. The molecule has 228 valence electrons. The first kappa shape index (κ1) is 30.2. The van der Waals surface area contributed by atoms with Gasteiger partial charge in [-0.3, -0.25) is 18.7 Å². The molecule has 3 heterocycles. The molecule has 0 aliphatic carbocycles. The van der Waals surface area contributed by atoms with E-state index in [2.05, 4.69) is 5.32 Å². The molecular weight excluding hydrogens is 550 g/mol. The smallest absolute Gasteiger partial charge is 0.331 e. The lowest BCUT2D eigenvalue weighted by atomic mass is 9.99. The Labute approximate surface area is 250 Å². The van der Waals surface area contributed by atoms with Crippen molar-refractivity contribution in [3.8, 4) is 11.1 Å². The van der Waals surface area contributed by atoms with Crippen molar-refractivity contribution >= 4 is 17.6 Å². The number of nitrogens with one attached hydrogen (secondary N) is 1. The van der Waals surface area contributed by atoms with Gasteiger partial charge in [0.05, 0.1) is 18.3 Å². The second-order valence-electron chi connectivity index (χ2n) is 11.4. The standard InChI is InChI=1S/C32H39N5O6/c1-21-6-5-8-26(22(21)2)27-18-35(32(43)37(30(27)41)17-13-25(39)20-38)19-29(40)34-14-11-24(12-15-34)36-16-10-23-7-3-4-9-28(23)33-31(36)42/h3-9,18,24-25,38-39H,10-17,19-20H2,1-2H3,(H,33,42). The molecule has 0 saturated carbocycles. The van der Waals surface area contributed by atoms with Gasteiger partial charge in [0.2, 0.25) is 5.91 Å². The Balaban J connectivity index is 1.33. The van der Waals surface area contributed by atoms with Gasteiger partial charge >= 0.3 is 11.7 Å². The SMILES string of the molecule is Cc1cccc(-c2cn(CC(=O)N3CCC(N4CCc5ccccc5NC4=O)CC3)c(=O)n(CCC(O)CO)c2=O)c1C. The van der Waals surface area contributed by atoms with Gasteiger partial charge in [0, 0.05) is 44.1 Å². The third kappa shape index (κ3) is 6.42. The van der Waals surface area contributed by atoms with Crippen molar-refractivity contribution in [2.24, 2.45) is 0 Å². The molecule has 1 saturated heterocycles. The fourth-order valence-corrected chi connectivity index (χ4v) is 5.97. The third-order valence-corrected chi connectivity index (χ3v) is 8.73. The van der Waals surface area contributed by atoms with E-state index in [9.17, 15) is 29.4 Å². The molecule has 43 heavy (non-hydrogen) atoms. The quantitative estimate of drug-likeness (QED) is 0.368. The summed E-state index contributed by atoms with van der Waals surface area (Å²) in [5.74, 6) is -0.249. The van der Waals surface area contributed by atoms with Gasteiger partial charge in [-0.2, -0.15) is 0 Å². The van der Waals surface area contributed by atoms with E-state index in [1.165, 1.54) is 10.8 Å². The fourth-order valence-electron chi connectivity index (χ4n) is 5.97. The molecule has 3 aromatic rings. The van der Waals surface area contributed by atoms with Crippen molar-refractivity contribution in [3.63, 3.8) is 0 Å². The Morgan fingerprint density at radius 2 is 1.74 bits per heavy atom. The van der Waals surface area contributed by atoms with Gasteiger partial charge in [-0.15, -0.1) is 0 Å². The van der Waals surface area contributed by atoms with Crippen LogP contribution in [-0.2, 0) is 24.3 Å². The van der Waals surface area contributed by atoms with Crippen molar-refractivity contribution in [1.82, 2.24) is 18.9 Å². The molecule has 0 radical (unpaired) electrons. The van der Waals surface area contributed by atoms with Crippen LogP contribution in [0.15, 0.2) is 58.3 Å². The summed E-state index contributed by atoms with van der Waals surface area (Å²) in [7, 11) is 0. The topological polar surface area (TPSA) is 137 Å². The number of urea groups is 1. The van der Waals surface area contributed by atoms with E-state index in [1.807, 2.05) is 61.2 Å². The minimum Gasteiger partial charge on any atom is -0.394 e. The minimum atomic E-state index is -1.08. The van der Waals surface area contributed by atoms with Gasteiger partial charge in [0.25, 0.3) is 5.56 Å². The van der Waals surface area contributed by atoms with Crippen LogP contribution < -0.4 is 16.6 Å². The number of hydrogen-bond acceptors (Lipinski definition) is 6. The van der Waals surface area contributed by atoms with Crippen LogP contribution in [0.1, 0.15) is 36.0 Å². The maximum atomic E-state index is 13.5. The number of aliphatic hydroxyl groups is 2. The average Bonchev–Trinajstić information content (AvgIpc) is 3.18. The van der Waals surface area contributed by atoms with E-state index in [4.69, 9.17) is 0 Å². The van der Waals surface area contributed by atoms with Gasteiger partial charge in [0.15, 0.2) is 0 Å². The Morgan fingerprint density at radius 1 is 1.00 bits per heavy atom. The first-order valence-corrected chi connectivity index (χ1v) is 14.8. The predicted octanol–water partition coefficient (Wildman–Crippen LogP) is 2.12. The minimum absolute atomic E-state index is 0.00293. The number of aryl methyl sites for hydroxylation is 1. The number of carbonyl (C=O) groups excluding carboxylic acids is 2. The average molecular weight is 590 g/mol. The molecule has 1 atom stereocenters. The summed E-state index contributed by atoms with van der Waals surface area (Å²) in [6, 6.07) is 13.2. The predicted molar refractivity (Wildman–Crippen MR) is 163 cm³/mol. The summed E-state index contributed by atoms with van der Waals surface area (Å²) in [4.78, 5) is 56.9. The van der Waals surface area contributed by atoms with E-state index < -0.39 is 24.0 Å². The third-order valence-electron chi connectivity index (χ3n) is 8.73. The van der Waals surface area contributed by atoms with Crippen LogP contribution in [0.3, 0.4) is 0 Å². The van der Waals surface area contributed by atoms with Crippen molar-refractivity contribution in [1.29, 1.82) is 0 Å². The molecule has 0 bridgehead atoms. The zero-order valence-electron chi connectivity index (χ0n) is 24.7. The summed E-state index contributed by atoms with van der Waals surface area (Å²) >= 11 is 0. The molecule has 5 rings (SSSR count). The number of anilines is 1. The van der Waals surface area contributed by atoms with Crippen LogP contribution in [0.25, 0.3) is 11.1 Å².